The van der Waals surface area contributed by atoms with E-state index in [4.69, 9.17) is 11.6 Å². The predicted octanol–water partition coefficient (Wildman–Crippen LogP) is 0.633. The van der Waals surface area contributed by atoms with Crippen LogP contribution in [0.3, 0.4) is 0 Å². The first-order chi connectivity index (χ1) is 8.95. The number of hydrogen-bond donors (Lipinski definition) is 1. The Morgan fingerprint density at radius 1 is 1.42 bits per heavy atom. The van der Waals surface area contributed by atoms with Crippen molar-refractivity contribution >= 4 is 17.3 Å². The molecule has 9 heteroatoms. The predicted molar refractivity (Wildman–Crippen MR) is 67.0 cm³/mol. The number of anilines is 1. The summed E-state index contributed by atoms with van der Waals surface area (Å²) in [7, 11) is 1.23. The van der Waals surface area contributed by atoms with Crippen LogP contribution in [-0.2, 0) is 7.05 Å². The quantitative estimate of drug-likeness (QED) is 0.817. The molecule has 0 bridgehead atoms. The first kappa shape index (κ1) is 13.2. The Bertz CT molecular complexity index is 755. The van der Waals surface area contributed by atoms with Gasteiger partial charge < -0.3 is 10.7 Å². The highest BCUT2D eigenvalue weighted by Crippen LogP contribution is 2.26. The van der Waals surface area contributed by atoms with Crippen LogP contribution in [-0.4, -0.2) is 14.3 Å². The number of nitrogens with one attached hydrogen (secondary N) is 1. The van der Waals surface area contributed by atoms with Crippen LogP contribution < -0.4 is 16.7 Å². The third kappa shape index (κ3) is 2.23. The van der Waals surface area contributed by atoms with Crippen LogP contribution in [0.1, 0.15) is 0 Å². The highest BCUT2D eigenvalue weighted by Gasteiger charge is 2.13. The summed E-state index contributed by atoms with van der Waals surface area (Å²) in [6, 6.07) is 1.90. The summed E-state index contributed by atoms with van der Waals surface area (Å²) in [5.74, 6) is -0.850. The molecule has 1 heterocycles. The molecule has 0 unspecified atom stereocenters. The van der Waals surface area contributed by atoms with E-state index in [1.165, 1.54) is 12.5 Å². The smallest absolute Gasteiger partial charge is 0.352 e. The molecule has 0 radical (unpaired) electrons. The van der Waals surface area contributed by atoms with Crippen LogP contribution >= 0.6 is 11.6 Å². The molecule has 2 aromatic rings. The molecule has 19 heavy (non-hydrogen) atoms. The molecule has 0 atom stereocenters. The Morgan fingerprint density at radius 2 is 2.11 bits per heavy atom. The monoisotopic (exact) mass is 285 g/mol. The van der Waals surface area contributed by atoms with Gasteiger partial charge in [0.15, 0.2) is 5.82 Å². The molecule has 7 nitrogen and oxygen atoms in total. The van der Waals surface area contributed by atoms with Gasteiger partial charge in [0, 0.05) is 12.7 Å². The van der Waals surface area contributed by atoms with E-state index in [-0.39, 0.29) is 16.4 Å². The molecule has 0 aliphatic heterocycles. The summed E-state index contributed by atoms with van der Waals surface area (Å²) in [5, 5.41) is 14.0. The lowest BCUT2D eigenvalue weighted by Gasteiger charge is -2.14. The second-order valence-corrected chi connectivity index (χ2v) is 4.03. The highest BCUT2D eigenvalue weighted by atomic mass is 35.5. The fourth-order valence-corrected chi connectivity index (χ4v) is 1.61. The maximum absolute atomic E-state index is 13.8. The largest absolute Gasteiger partial charge is 0.761 e. The first-order valence-corrected chi connectivity index (χ1v) is 5.36. The number of halogens is 2. The molecule has 0 saturated heterocycles. The standard InChI is InChI=1S/C10H7ClFN4O3/c1-15-9(17)4-13-16(10(15)18)8-3-7(14-19)5(11)2-6(8)12/h2-4,14H,1H3/q-1. The van der Waals surface area contributed by atoms with Crippen molar-refractivity contribution in [2.24, 2.45) is 7.05 Å². The number of nitrogens with zero attached hydrogens (tertiary/aromatic N) is 3. The summed E-state index contributed by atoms with van der Waals surface area (Å²) in [5.41, 5.74) is -0.350. The number of hydrogen-bond acceptors (Lipinski definition) is 5. The van der Waals surface area contributed by atoms with E-state index in [2.05, 4.69) is 5.10 Å². The molecule has 1 aromatic heterocycles. The maximum atomic E-state index is 13.8. The third-order valence-corrected chi connectivity index (χ3v) is 2.77. The average Bonchev–Trinajstić information content (AvgIpc) is 2.37. The van der Waals surface area contributed by atoms with E-state index in [1.807, 2.05) is 0 Å². The normalized spacial score (nSPS) is 10.5. The van der Waals surface area contributed by atoms with Crippen LogP contribution in [0.5, 0.6) is 0 Å². The van der Waals surface area contributed by atoms with Gasteiger partial charge in [-0.15, -0.1) is 0 Å². The van der Waals surface area contributed by atoms with E-state index in [1.54, 1.807) is 0 Å². The Hall–Kier alpha value is -2.19. The minimum Gasteiger partial charge on any atom is -0.761 e. The molecule has 0 fully saturated rings. The van der Waals surface area contributed by atoms with Gasteiger partial charge in [0.2, 0.25) is 0 Å². The van der Waals surface area contributed by atoms with Gasteiger partial charge in [0.1, 0.15) is 11.9 Å². The zero-order chi connectivity index (χ0) is 14.2. The Kier molecular flexibility index (Phi) is 3.36. The molecule has 2 rings (SSSR count). The van der Waals surface area contributed by atoms with E-state index in [0.717, 1.165) is 22.9 Å². The Labute approximate surface area is 110 Å². The maximum Gasteiger partial charge on any atom is 0.352 e. The molecule has 0 spiro atoms. The van der Waals surface area contributed by atoms with Crippen molar-refractivity contribution in [2.45, 2.75) is 0 Å². The lowest BCUT2D eigenvalue weighted by atomic mass is 10.2. The van der Waals surface area contributed by atoms with Gasteiger partial charge in [-0.3, -0.25) is 9.36 Å². The van der Waals surface area contributed by atoms with E-state index < -0.39 is 17.1 Å². The van der Waals surface area contributed by atoms with Gasteiger partial charge in [-0.2, -0.15) is 9.78 Å². The van der Waals surface area contributed by atoms with Gasteiger partial charge >= 0.3 is 5.69 Å². The van der Waals surface area contributed by atoms with Gasteiger partial charge in [0.25, 0.3) is 5.56 Å². The summed E-state index contributed by atoms with van der Waals surface area (Å²) in [6.45, 7) is 0. The number of aromatic nitrogens is 3. The van der Waals surface area contributed by atoms with Crippen LogP contribution in [0.4, 0.5) is 10.1 Å². The average molecular weight is 286 g/mol. The Morgan fingerprint density at radius 3 is 2.74 bits per heavy atom. The SMILES string of the molecule is Cn1c(=O)cnn(-c2cc(N[O-])c(Cl)cc2F)c1=O. The van der Waals surface area contributed by atoms with E-state index in [0.29, 0.717) is 4.68 Å². The van der Waals surface area contributed by atoms with E-state index in [9.17, 15) is 19.2 Å². The van der Waals surface area contributed by atoms with Crippen molar-refractivity contribution in [2.75, 3.05) is 5.48 Å². The molecular weight excluding hydrogens is 279 g/mol. The van der Waals surface area contributed by atoms with Crippen molar-refractivity contribution in [1.82, 2.24) is 14.3 Å². The fraction of sp³-hybridized carbons (Fsp3) is 0.100. The van der Waals surface area contributed by atoms with Gasteiger partial charge in [0.05, 0.1) is 5.02 Å². The molecule has 0 amide bonds. The zero-order valence-electron chi connectivity index (χ0n) is 9.55. The second kappa shape index (κ2) is 4.82. The zero-order valence-corrected chi connectivity index (χ0v) is 10.3. The lowest BCUT2D eigenvalue weighted by molar-refractivity contribution is 0.585. The fourth-order valence-electron chi connectivity index (χ4n) is 1.42. The molecule has 0 aliphatic rings. The van der Waals surface area contributed by atoms with E-state index >= 15 is 0 Å². The van der Waals surface area contributed by atoms with Gasteiger partial charge in [-0.25, -0.2) is 9.18 Å². The van der Waals surface area contributed by atoms with Gasteiger partial charge in [-0.1, -0.05) is 11.6 Å². The topological polar surface area (TPSA) is 92.0 Å². The minimum atomic E-state index is -0.850. The van der Waals surface area contributed by atoms with Crippen molar-refractivity contribution in [3.63, 3.8) is 0 Å². The first-order valence-electron chi connectivity index (χ1n) is 4.98. The summed E-state index contributed by atoms with van der Waals surface area (Å²) < 4.78 is 15.2. The lowest BCUT2D eigenvalue weighted by Crippen LogP contribution is -2.38. The van der Waals surface area contributed by atoms with Crippen LogP contribution in [0.2, 0.25) is 5.02 Å². The molecule has 1 N–H and O–H groups in total. The molecule has 1 aromatic carbocycles. The number of rotatable bonds is 2. The summed E-state index contributed by atoms with van der Waals surface area (Å²) >= 11 is 5.62. The Balaban J connectivity index is 2.76. The van der Waals surface area contributed by atoms with Crippen LogP contribution in [0, 0.1) is 11.0 Å². The van der Waals surface area contributed by atoms with Crippen molar-refractivity contribution in [3.8, 4) is 5.69 Å². The van der Waals surface area contributed by atoms with Crippen molar-refractivity contribution in [3.05, 3.63) is 55.2 Å². The molecule has 100 valence electrons. The minimum absolute atomic E-state index is 0.111. The second-order valence-electron chi connectivity index (χ2n) is 3.62. The van der Waals surface area contributed by atoms with Crippen LogP contribution in [0.25, 0.3) is 5.69 Å². The molecule has 0 aliphatic carbocycles. The number of benzene rings is 1. The summed E-state index contributed by atoms with van der Waals surface area (Å²) in [6.07, 6.45) is 0.861. The van der Waals surface area contributed by atoms with Crippen LogP contribution in [0.15, 0.2) is 27.9 Å². The molecule has 0 saturated carbocycles. The van der Waals surface area contributed by atoms with Gasteiger partial charge in [-0.05, 0) is 12.1 Å². The summed E-state index contributed by atoms with van der Waals surface area (Å²) in [4.78, 5) is 23.0. The highest BCUT2D eigenvalue weighted by molar-refractivity contribution is 6.33. The van der Waals surface area contributed by atoms with Crippen molar-refractivity contribution in [1.29, 1.82) is 0 Å². The molecular formula is C10H7ClFN4O3-. The van der Waals surface area contributed by atoms with Crippen molar-refractivity contribution < 1.29 is 4.39 Å². The third-order valence-electron chi connectivity index (χ3n) is 2.46.